The van der Waals surface area contributed by atoms with Gasteiger partial charge in [0.25, 0.3) is 5.91 Å². The van der Waals surface area contributed by atoms with E-state index in [2.05, 4.69) is 16.6 Å². The fourth-order valence-electron chi connectivity index (χ4n) is 4.32. The van der Waals surface area contributed by atoms with E-state index in [1.54, 1.807) is 57.2 Å². The molecule has 3 aromatic carbocycles. The number of para-hydroxylation sites is 1. The Bertz CT molecular complexity index is 1370. The van der Waals surface area contributed by atoms with Gasteiger partial charge in [0.15, 0.2) is 0 Å². The molecular weight excluding hydrogens is 518 g/mol. The fraction of sp³-hybridized carbons (Fsp3) is 0.303. The van der Waals surface area contributed by atoms with E-state index in [9.17, 15) is 19.5 Å². The first-order valence-corrected chi connectivity index (χ1v) is 13.4. The SMILES string of the molecule is C#Cc1ccc(C(C(=O)Nc2ccccc2C)N(CCO)C(=O)C(Cc2ccccc2)NC(=O)OC(C)(C)C)cc1. The number of nitrogens with one attached hydrogen (secondary N) is 2. The molecule has 2 unspecified atom stereocenters. The number of amides is 3. The molecule has 0 fully saturated rings. The Balaban J connectivity index is 2.05. The number of alkyl carbamates (subject to hydrolysis) is 1. The molecule has 0 aliphatic heterocycles. The summed E-state index contributed by atoms with van der Waals surface area (Å²) in [5.41, 5.74) is 2.55. The molecule has 0 radical (unpaired) electrons. The predicted octanol–water partition coefficient (Wildman–Crippen LogP) is 4.61. The largest absolute Gasteiger partial charge is 0.444 e. The van der Waals surface area contributed by atoms with Crippen molar-refractivity contribution in [3.63, 3.8) is 0 Å². The van der Waals surface area contributed by atoms with Crippen molar-refractivity contribution in [3.8, 4) is 12.3 Å². The number of aliphatic hydroxyl groups excluding tert-OH is 1. The van der Waals surface area contributed by atoms with Crippen LogP contribution in [0.3, 0.4) is 0 Å². The summed E-state index contributed by atoms with van der Waals surface area (Å²) < 4.78 is 5.44. The minimum atomic E-state index is -1.14. The Kier molecular flexibility index (Phi) is 10.7. The number of rotatable bonds is 10. The minimum absolute atomic E-state index is 0.142. The Hall–Kier alpha value is -4.61. The first-order chi connectivity index (χ1) is 19.5. The highest BCUT2D eigenvalue weighted by molar-refractivity contribution is 5.99. The van der Waals surface area contributed by atoms with Gasteiger partial charge in [-0.25, -0.2) is 4.79 Å². The van der Waals surface area contributed by atoms with Crippen LogP contribution in [0.15, 0.2) is 78.9 Å². The number of aryl methyl sites for hydroxylation is 1. The molecule has 0 saturated carbocycles. The summed E-state index contributed by atoms with van der Waals surface area (Å²) in [6.45, 7) is 6.47. The second kappa shape index (κ2) is 14.1. The number of hydrogen-bond donors (Lipinski definition) is 3. The number of ether oxygens (including phenoxy) is 1. The molecule has 8 heteroatoms. The molecule has 0 aromatic heterocycles. The van der Waals surface area contributed by atoms with Gasteiger partial charge in [-0.05, 0) is 62.6 Å². The first kappa shape index (κ1) is 30.9. The number of benzene rings is 3. The van der Waals surface area contributed by atoms with Gasteiger partial charge in [-0.15, -0.1) is 6.42 Å². The summed E-state index contributed by atoms with van der Waals surface area (Å²) >= 11 is 0. The summed E-state index contributed by atoms with van der Waals surface area (Å²) in [6, 6.07) is 21.0. The van der Waals surface area contributed by atoms with Gasteiger partial charge in [-0.2, -0.15) is 0 Å². The number of aliphatic hydroxyl groups is 1. The minimum Gasteiger partial charge on any atom is -0.444 e. The molecule has 3 aromatic rings. The summed E-state index contributed by atoms with van der Waals surface area (Å²) in [5, 5.41) is 15.6. The van der Waals surface area contributed by atoms with Crippen LogP contribution < -0.4 is 10.6 Å². The molecule has 2 atom stereocenters. The molecule has 214 valence electrons. The molecular formula is C33H37N3O5. The molecule has 0 aliphatic rings. The van der Waals surface area contributed by atoms with Gasteiger partial charge in [-0.1, -0.05) is 66.6 Å². The average molecular weight is 556 g/mol. The smallest absolute Gasteiger partial charge is 0.408 e. The van der Waals surface area contributed by atoms with Gasteiger partial charge in [0.1, 0.15) is 17.7 Å². The van der Waals surface area contributed by atoms with Crippen molar-refractivity contribution in [1.29, 1.82) is 0 Å². The molecule has 3 amide bonds. The standard InChI is InChI=1S/C33H37N3O5/c1-6-24-16-18-26(19-17-24)29(30(38)34-27-15-11-10-12-23(27)2)36(20-21-37)31(39)28(22-25-13-8-7-9-14-25)35-32(40)41-33(3,4)5/h1,7-19,28-29,37H,20-22H2,2-5H3,(H,34,38)(H,35,40). The quantitative estimate of drug-likeness (QED) is 0.317. The highest BCUT2D eigenvalue weighted by atomic mass is 16.6. The molecule has 41 heavy (non-hydrogen) atoms. The summed E-state index contributed by atoms with van der Waals surface area (Å²) in [5.74, 6) is 1.51. The zero-order chi connectivity index (χ0) is 30.0. The average Bonchev–Trinajstić information content (AvgIpc) is 2.93. The van der Waals surface area contributed by atoms with Crippen LogP contribution in [0.1, 0.15) is 49.1 Å². The van der Waals surface area contributed by atoms with Crippen molar-refractivity contribution < 1.29 is 24.2 Å². The van der Waals surface area contributed by atoms with Gasteiger partial charge < -0.3 is 25.4 Å². The van der Waals surface area contributed by atoms with Crippen molar-refractivity contribution >= 4 is 23.6 Å². The van der Waals surface area contributed by atoms with Crippen LogP contribution in [-0.2, 0) is 20.7 Å². The van der Waals surface area contributed by atoms with E-state index in [1.165, 1.54) is 4.90 Å². The lowest BCUT2D eigenvalue weighted by atomic mass is 9.99. The van der Waals surface area contributed by atoms with E-state index in [0.29, 0.717) is 16.8 Å². The lowest BCUT2D eigenvalue weighted by Crippen LogP contribution is -2.53. The summed E-state index contributed by atoms with van der Waals surface area (Å²) in [7, 11) is 0. The maximum atomic E-state index is 14.2. The van der Waals surface area contributed by atoms with Crippen LogP contribution in [0.4, 0.5) is 10.5 Å². The highest BCUT2D eigenvalue weighted by Crippen LogP contribution is 2.26. The second-order valence-corrected chi connectivity index (χ2v) is 10.6. The van der Waals surface area contributed by atoms with E-state index in [1.807, 2.05) is 49.4 Å². The molecule has 0 aliphatic carbocycles. The van der Waals surface area contributed by atoms with E-state index in [-0.39, 0.29) is 13.0 Å². The third-order valence-corrected chi connectivity index (χ3v) is 6.25. The Labute approximate surface area is 241 Å². The number of nitrogens with zero attached hydrogens (tertiary/aromatic N) is 1. The molecule has 8 nitrogen and oxygen atoms in total. The van der Waals surface area contributed by atoms with Crippen LogP contribution >= 0.6 is 0 Å². The number of anilines is 1. The monoisotopic (exact) mass is 555 g/mol. The maximum absolute atomic E-state index is 14.2. The van der Waals surface area contributed by atoms with Crippen LogP contribution in [0.25, 0.3) is 0 Å². The van der Waals surface area contributed by atoms with Crippen molar-refractivity contribution in [2.24, 2.45) is 0 Å². The maximum Gasteiger partial charge on any atom is 0.408 e. The van der Waals surface area contributed by atoms with Gasteiger partial charge in [-0.3, -0.25) is 9.59 Å². The molecule has 3 rings (SSSR count). The molecule has 0 saturated heterocycles. The van der Waals surface area contributed by atoms with Crippen molar-refractivity contribution in [2.45, 2.75) is 51.8 Å². The number of hydrogen-bond acceptors (Lipinski definition) is 5. The Morgan fingerprint density at radius 3 is 2.20 bits per heavy atom. The van der Waals surface area contributed by atoms with Crippen LogP contribution in [0.2, 0.25) is 0 Å². The number of terminal acetylenes is 1. The fourth-order valence-corrected chi connectivity index (χ4v) is 4.32. The predicted molar refractivity (Wildman–Crippen MR) is 159 cm³/mol. The van der Waals surface area contributed by atoms with Gasteiger partial charge in [0, 0.05) is 24.2 Å². The van der Waals surface area contributed by atoms with E-state index in [4.69, 9.17) is 11.2 Å². The molecule has 0 spiro atoms. The second-order valence-electron chi connectivity index (χ2n) is 10.6. The highest BCUT2D eigenvalue weighted by Gasteiger charge is 2.36. The van der Waals surface area contributed by atoms with Crippen LogP contribution in [-0.4, -0.2) is 52.7 Å². The summed E-state index contributed by atoms with van der Waals surface area (Å²) in [6.07, 6.45) is 4.91. The molecule has 3 N–H and O–H groups in total. The van der Waals surface area contributed by atoms with Crippen LogP contribution in [0, 0.1) is 19.3 Å². The third-order valence-electron chi connectivity index (χ3n) is 6.25. The van der Waals surface area contributed by atoms with Gasteiger partial charge >= 0.3 is 6.09 Å². The number of carbonyl (C=O) groups excluding carboxylic acids is 3. The van der Waals surface area contributed by atoms with E-state index in [0.717, 1.165) is 11.1 Å². The van der Waals surface area contributed by atoms with Gasteiger partial charge in [0.2, 0.25) is 5.91 Å². The lowest BCUT2D eigenvalue weighted by Gasteiger charge is -2.34. The topological polar surface area (TPSA) is 108 Å². The zero-order valence-corrected chi connectivity index (χ0v) is 23.9. The third kappa shape index (κ3) is 8.95. The number of carbonyl (C=O) groups is 3. The Morgan fingerprint density at radius 2 is 1.61 bits per heavy atom. The lowest BCUT2D eigenvalue weighted by molar-refractivity contribution is -0.141. The van der Waals surface area contributed by atoms with Crippen molar-refractivity contribution in [1.82, 2.24) is 10.2 Å². The van der Waals surface area contributed by atoms with Crippen molar-refractivity contribution in [3.05, 3.63) is 101 Å². The van der Waals surface area contributed by atoms with E-state index >= 15 is 0 Å². The van der Waals surface area contributed by atoms with Crippen LogP contribution in [0.5, 0.6) is 0 Å². The Morgan fingerprint density at radius 1 is 0.976 bits per heavy atom. The molecule has 0 bridgehead atoms. The zero-order valence-electron chi connectivity index (χ0n) is 23.9. The van der Waals surface area contributed by atoms with Crippen molar-refractivity contribution in [2.75, 3.05) is 18.5 Å². The van der Waals surface area contributed by atoms with E-state index < -0.39 is 42.2 Å². The molecule has 0 heterocycles. The normalized spacial score (nSPS) is 12.4. The van der Waals surface area contributed by atoms with Gasteiger partial charge in [0.05, 0.1) is 6.61 Å². The summed E-state index contributed by atoms with van der Waals surface area (Å²) in [4.78, 5) is 42.2. The first-order valence-electron chi connectivity index (χ1n) is 13.4.